The van der Waals surface area contributed by atoms with E-state index in [-0.39, 0.29) is 17.2 Å². The van der Waals surface area contributed by atoms with Crippen molar-refractivity contribution in [2.75, 3.05) is 20.0 Å². The fraction of sp³-hybridized carbons (Fsp3) is 0.208. The second-order valence-electron chi connectivity index (χ2n) is 7.19. The monoisotopic (exact) mass is 481 g/mol. The molecular formula is C24H23N3O4S2. The van der Waals surface area contributed by atoms with Crippen LogP contribution in [-0.2, 0) is 17.9 Å². The standard InChI is InChI=1S/C24H23N3O4S2/c1-30-18-8-6-16(7-9-18)13-25-21(28)15-33-24-26-20-10-11-32-22(20)23(29)27(24)14-17-4-3-5-19(12-17)31-2/h3-12H,13-15H2,1-2H3,(H,25,28). The fourth-order valence-electron chi connectivity index (χ4n) is 3.25. The Bertz CT molecular complexity index is 1320. The maximum atomic E-state index is 13.2. The number of methoxy groups -OCH3 is 2. The number of aromatic nitrogens is 2. The van der Waals surface area contributed by atoms with Gasteiger partial charge in [0.1, 0.15) is 16.2 Å². The average Bonchev–Trinajstić information content (AvgIpc) is 3.32. The number of nitrogens with one attached hydrogen (secondary N) is 1. The van der Waals surface area contributed by atoms with Gasteiger partial charge in [0.2, 0.25) is 5.91 Å². The van der Waals surface area contributed by atoms with Crippen LogP contribution in [0.2, 0.25) is 0 Å². The first kappa shape index (κ1) is 22.9. The van der Waals surface area contributed by atoms with Crippen LogP contribution >= 0.6 is 23.1 Å². The van der Waals surface area contributed by atoms with Crippen LogP contribution in [0.15, 0.2) is 69.9 Å². The molecule has 4 aromatic rings. The van der Waals surface area contributed by atoms with Crippen LogP contribution < -0.4 is 20.3 Å². The van der Waals surface area contributed by atoms with Gasteiger partial charge in [-0.15, -0.1) is 11.3 Å². The van der Waals surface area contributed by atoms with Gasteiger partial charge in [-0.3, -0.25) is 14.2 Å². The first-order valence-electron chi connectivity index (χ1n) is 10.2. The van der Waals surface area contributed by atoms with Gasteiger partial charge in [0, 0.05) is 6.54 Å². The van der Waals surface area contributed by atoms with Crippen LogP contribution in [-0.4, -0.2) is 35.4 Å². The van der Waals surface area contributed by atoms with Crippen molar-refractivity contribution < 1.29 is 14.3 Å². The second kappa shape index (κ2) is 10.5. The lowest BCUT2D eigenvalue weighted by molar-refractivity contribution is -0.118. The van der Waals surface area contributed by atoms with Gasteiger partial charge in [-0.25, -0.2) is 4.98 Å². The number of thioether (sulfide) groups is 1. The Morgan fingerprint density at radius 2 is 1.85 bits per heavy atom. The van der Waals surface area contributed by atoms with Crippen LogP contribution in [0.25, 0.3) is 10.2 Å². The van der Waals surface area contributed by atoms with E-state index < -0.39 is 0 Å². The molecule has 0 saturated heterocycles. The normalized spacial score (nSPS) is 10.8. The van der Waals surface area contributed by atoms with E-state index in [1.165, 1.54) is 23.1 Å². The Hall–Kier alpha value is -3.30. The number of hydrogen-bond donors (Lipinski definition) is 1. The van der Waals surface area contributed by atoms with E-state index in [0.717, 1.165) is 22.6 Å². The summed E-state index contributed by atoms with van der Waals surface area (Å²) in [7, 11) is 3.22. The molecule has 0 aliphatic rings. The maximum absolute atomic E-state index is 13.2. The minimum absolute atomic E-state index is 0.112. The Labute approximate surface area is 199 Å². The number of carbonyl (C=O) groups excluding carboxylic acids is 1. The third-order valence-corrected chi connectivity index (χ3v) is 6.85. The second-order valence-corrected chi connectivity index (χ2v) is 9.04. The van der Waals surface area contributed by atoms with Crippen molar-refractivity contribution in [3.8, 4) is 11.5 Å². The third kappa shape index (κ3) is 5.55. The van der Waals surface area contributed by atoms with Crippen molar-refractivity contribution in [1.29, 1.82) is 0 Å². The van der Waals surface area contributed by atoms with Crippen molar-refractivity contribution in [2.45, 2.75) is 18.2 Å². The Balaban J connectivity index is 1.49. The molecule has 0 aliphatic heterocycles. The van der Waals surface area contributed by atoms with Gasteiger partial charge in [-0.2, -0.15) is 0 Å². The van der Waals surface area contributed by atoms with Gasteiger partial charge in [0.15, 0.2) is 5.16 Å². The Morgan fingerprint density at radius 1 is 1.06 bits per heavy atom. The Morgan fingerprint density at radius 3 is 2.61 bits per heavy atom. The molecule has 0 atom stereocenters. The molecule has 2 aromatic carbocycles. The molecule has 0 bridgehead atoms. The van der Waals surface area contributed by atoms with Crippen molar-refractivity contribution in [1.82, 2.24) is 14.9 Å². The van der Waals surface area contributed by atoms with Gasteiger partial charge in [0.25, 0.3) is 5.56 Å². The highest BCUT2D eigenvalue weighted by Gasteiger charge is 2.15. The van der Waals surface area contributed by atoms with Gasteiger partial charge in [0.05, 0.1) is 32.0 Å². The molecular weight excluding hydrogens is 458 g/mol. The first-order valence-corrected chi connectivity index (χ1v) is 12.1. The summed E-state index contributed by atoms with van der Waals surface area (Å²) in [5.74, 6) is 1.50. The van der Waals surface area contributed by atoms with Gasteiger partial charge < -0.3 is 14.8 Å². The lowest BCUT2D eigenvalue weighted by Crippen LogP contribution is -2.26. The van der Waals surface area contributed by atoms with E-state index in [1.807, 2.05) is 60.0 Å². The maximum Gasteiger partial charge on any atom is 0.272 e. The average molecular weight is 482 g/mol. The van der Waals surface area contributed by atoms with Crippen molar-refractivity contribution in [3.63, 3.8) is 0 Å². The predicted molar refractivity (Wildman–Crippen MR) is 132 cm³/mol. The molecule has 9 heteroatoms. The summed E-state index contributed by atoms with van der Waals surface area (Å²) < 4.78 is 12.7. The van der Waals surface area contributed by atoms with Crippen molar-refractivity contribution in [2.24, 2.45) is 0 Å². The van der Waals surface area contributed by atoms with Crippen LogP contribution in [0.1, 0.15) is 11.1 Å². The van der Waals surface area contributed by atoms with Crippen molar-refractivity contribution >= 4 is 39.2 Å². The zero-order chi connectivity index (χ0) is 23.2. The molecule has 4 rings (SSSR count). The number of ether oxygens (including phenoxy) is 2. The van der Waals surface area contributed by atoms with E-state index in [9.17, 15) is 9.59 Å². The molecule has 7 nitrogen and oxygen atoms in total. The van der Waals surface area contributed by atoms with Crippen LogP contribution in [0.3, 0.4) is 0 Å². The summed E-state index contributed by atoms with van der Waals surface area (Å²) in [6.07, 6.45) is 0. The van der Waals surface area contributed by atoms with Gasteiger partial charge in [-0.1, -0.05) is 36.0 Å². The van der Waals surface area contributed by atoms with Crippen LogP contribution in [0, 0.1) is 0 Å². The van der Waals surface area contributed by atoms with Crippen LogP contribution in [0.5, 0.6) is 11.5 Å². The quantitative estimate of drug-likeness (QED) is 0.288. The van der Waals surface area contributed by atoms with Gasteiger partial charge in [-0.05, 0) is 46.8 Å². The number of rotatable bonds is 9. The first-order chi connectivity index (χ1) is 16.1. The molecule has 33 heavy (non-hydrogen) atoms. The van der Waals surface area contributed by atoms with E-state index in [1.54, 1.807) is 18.8 Å². The minimum Gasteiger partial charge on any atom is -0.497 e. The topological polar surface area (TPSA) is 82.5 Å². The van der Waals surface area contributed by atoms with E-state index in [4.69, 9.17) is 9.47 Å². The molecule has 0 unspecified atom stereocenters. The summed E-state index contributed by atoms with van der Waals surface area (Å²) in [6, 6.07) is 16.9. The van der Waals surface area contributed by atoms with E-state index in [0.29, 0.717) is 28.5 Å². The molecule has 0 aliphatic carbocycles. The smallest absolute Gasteiger partial charge is 0.272 e. The molecule has 2 aromatic heterocycles. The third-order valence-electron chi connectivity index (χ3n) is 4.99. The highest BCUT2D eigenvalue weighted by Crippen LogP contribution is 2.22. The highest BCUT2D eigenvalue weighted by molar-refractivity contribution is 7.99. The number of thiophene rings is 1. The summed E-state index contributed by atoms with van der Waals surface area (Å²) in [6.45, 7) is 0.754. The number of amides is 1. The number of nitrogens with zero attached hydrogens (tertiary/aromatic N) is 2. The number of benzene rings is 2. The molecule has 0 radical (unpaired) electrons. The van der Waals surface area contributed by atoms with Crippen molar-refractivity contribution in [3.05, 3.63) is 81.5 Å². The Kier molecular flexibility index (Phi) is 7.31. The van der Waals surface area contributed by atoms with Gasteiger partial charge >= 0.3 is 0 Å². The minimum atomic E-state index is -0.136. The SMILES string of the molecule is COc1ccc(CNC(=O)CSc2nc3ccsc3c(=O)n2Cc2cccc(OC)c2)cc1. The summed E-state index contributed by atoms with van der Waals surface area (Å²) >= 11 is 2.62. The molecule has 0 fully saturated rings. The number of hydrogen-bond acceptors (Lipinski definition) is 7. The highest BCUT2D eigenvalue weighted by atomic mass is 32.2. The van der Waals surface area contributed by atoms with E-state index in [2.05, 4.69) is 10.3 Å². The lowest BCUT2D eigenvalue weighted by atomic mass is 10.2. The largest absolute Gasteiger partial charge is 0.497 e. The molecule has 2 heterocycles. The summed E-state index contributed by atoms with van der Waals surface area (Å²) in [4.78, 5) is 30.3. The predicted octanol–water partition coefficient (Wildman–Crippen LogP) is 3.93. The zero-order valence-corrected chi connectivity index (χ0v) is 19.9. The van der Waals surface area contributed by atoms with Crippen LogP contribution in [0.4, 0.5) is 0 Å². The molecule has 170 valence electrons. The molecule has 0 saturated carbocycles. The fourth-order valence-corrected chi connectivity index (χ4v) is 4.86. The lowest BCUT2D eigenvalue weighted by Gasteiger charge is -2.13. The zero-order valence-electron chi connectivity index (χ0n) is 18.2. The molecule has 1 N–H and O–H groups in total. The summed E-state index contributed by atoms with van der Waals surface area (Å²) in [5, 5.41) is 5.27. The summed E-state index contributed by atoms with van der Waals surface area (Å²) in [5.41, 5.74) is 2.42. The number of carbonyl (C=O) groups is 1. The van der Waals surface area contributed by atoms with E-state index >= 15 is 0 Å². The molecule has 0 spiro atoms. The number of fused-ring (bicyclic) bond motifs is 1. The molecule has 1 amide bonds.